The van der Waals surface area contributed by atoms with Crippen LogP contribution in [0.2, 0.25) is 5.15 Å². The van der Waals surface area contributed by atoms with Crippen LogP contribution in [-0.2, 0) is 12.8 Å². The van der Waals surface area contributed by atoms with Gasteiger partial charge >= 0.3 is 6.18 Å². The van der Waals surface area contributed by atoms with Gasteiger partial charge in [0.25, 0.3) is 0 Å². The quantitative estimate of drug-likeness (QED) is 0.359. The lowest BCUT2D eigenvalue weighted by molar-refractivity contribution is -0.137. The molecule has 1 unspecified atom stereocenters. The third-order valence-corrected chi connectivity index (χ3v) is 5.01. The second-order valence-corrected chi connectivity index (χ2v) is 7.34. The molecule has 0 bridgehead atoms. The Labute approximate surface area is 190 Å². The summed E-state index contributed by atoms with van der Waals surface area (Å²) in [5.74, 6) is 1.18. The van der Waals surface area contributed by atoms with Crippen molar-refractivity contribution in [3.63, 3.8) is 0 Å². The molecule has 11 heteroatoms. The summed E-state index contributed by atoms with van der Waals surface area (Å²) in [6.07, 6.45) is -0.232. The Kier molecular flexibility index (Phi) is 6.28. The van der Waals surface area contributed by atoms with E-state index in [2.05, 4.69) is 20.3 Å². The maximum atomic E-state index is 13.2. The summed E-state index contributed by atoms with van der Waals surface area (Å²) in [4.78, 5) is 11.3. The highest BCUT2D eigenvalue weighted by atomic mass is 35.5. The molecular formula is C22H17ClF4N4O2. The average Bonchev–Trinajstić information content (AvgIpc) is 3.19. The lowest BCUT2D eigenvalue weighted by Crippen LogP contribution is -2.19. The summed E-state index contributed by atoms with van der Waals surface area (Å²) >= 11 is 6.34. The van der Waals surface area contributed by atoms with Crippen LogP contribution in [-0.4, -0.2) is 28.4 Å². The second-order valence-electron chi connectivity index (χ2n) is 6.96. The van der Waals surface area contributed by atoms with Gasteiger partial charge in [0.1, 0.15) is 34.8 Å². The molecule has 4 rings (SSSR count). The number of hydrogen-bond donors (Lipinski definition) is 2. The highest BCUT2D eigenvalue weighted by Gasteiger charge is 2.30. The van der Waals surface area contributed by atoms with Crippen molar-refractivity contribution in [3.8, 4) is 22.8 Å². The van der Waals surface area contributed by atoms with Crippen molar-refractivity contribution in [2.24, 2.45) is 0 Å². The predicted octanol–water partition coefficient (Wildman–Crippen LogP) is 5.53. The zero-order valence-corrected chi connectivity index (χ0v) is 17.8. The first-order valence-electron chi connectivity index (χ1n) is 9.62. The number of H-pyrrole nitrogens is 1. The number of nitrogens with zero attached hydrogens (tertiary/aromatic N) is 2. The maximum absolute atomic E-state index is 13.2. The molecule has 0 fully saturated rings. The Morgan fingerprint density at radius 1 is 1.18 bits per heavy atom. The van der Waals surface area contributed by atoms with E-state index >= 15 is 0 Å². The summed E-state index contributed by atoms with van der Waals surface area (Å²) < 4.78 is 62.9. The fourth-order valence-electron chi connectivity index (χ4n) is 3.12. The third kappa shape index (κ3) is 5.11. The minimum atomic E-state index is -4.46. The number of methoxy groups -OCH3 is 1. The summed E-state index contributed by atoms with van der Waals surface area (Å²) in [5, 5.41) is 2.79. The zero-order chi connectivity index (χ0) is 23.6. The van der Waals surface area contributed by atoms with Crippen LogP contribution < -0.4 is 14.8 Å². The van der Waals surface area contributed by atoms with Crippen molar-refractivity contribution in [3.05, 3.63) is 77.1 Å². The molecule has 0 spiro atoms. The van der Waals surface area contributed by atoms with Gasteiger partial charge in [0, 0.05) is 29.6 Å². The number of nitrogens with one attached hydrogen (secondary N) is 2. The van der Waals surface area contributed by atoms with Crippen LogP contribution >= 0.6 is 11.6 Å². The number of benzene rings is 1. The molecule has 0 amide bonds. The van der Waals surface area contributed by atoms with Gasteiger partial charge in [-0.2, -0.15) is 13.2 Å². The number of ether oxygens (including phenoxy) is 2. The van der Waals surface area contributed by atoms with E-state index in [-0.39, 0.29) is 17.5 Å². The SMILES string of the molecule is COc1cc(OCc2cc(C(F)(F)F)ccn2)ccc1-c1nc(C2=CNC(F)C=C2)[nH]c1Cl. The normalized spacial score (nSPS) is 15.7. The van der Waals surface area contributed by atoms with Crippen molar-refractivity contribution in [2.75, 3.05) is 7.11 Å². The molecule has 1 aliphatic heterocycles. The number of imidazole rings is 1. The van der Waals surface area contributed by atoms with Gasteiger partial charge in [-0.25, -0.2) is 9.37 Å². The number of aromatic nitrogens is 3. The van der Waals surface area contributed by atoms with Gasteiger partial charge in [-0.1, -0.05) is 11.6 Å². The molecule has 1 aliphatic rings. The smallest absolute Gasteiger partial charge is 0.416 e. The molecule has 172 valence electrons. The molecule has 2 aromatic heterocycles. The van der Waals surface area contributed by atoms with Crippen LogP contribution in [0.1, 0.15) is 17.1 Å². The number of rotatable bonds is 6. The number of pyridine rings is 1. The molecule has 6 nitrogen and oxygen atoms in total. The van der Waals surface area contributed by atoms with E-state index in [0.29, 0.717) is 34.2 Å². The highest BCUT2D eigenvalue weighted by Crippen LogP contribution is 2.37. The number of allylic oxidation sites excluding steroid dienone is 2. The van der Waals surface area contributed by atoms with Crippen LogP contribution in [0.3, 0.4) is 0 Å². The highest BCUT2D eigenvalue weighted by molar-refractivity contribution is 6.32. The van der Waals surface area contributed by atoms with Crippen molar-refractivity contribution >= 4 is 17.2 Å². The van der Waals surface area contributed by atoms with Crippen molar-refractivity contribution in [2.45, 2.75) is 19.1 Å². The minimum absolute atomic E-state index is 0.130. The number of aromatic amines is 1. The third-order valence-electron chi connectivity index (χ3n) is 4.73. The van der Waals surface area contributed by atoms with E-state index in [0.717, 1.165) is 18.3 Å². The number of alkyl halides is 4. The first kappa shape index (κ1) is 22.7. The lowest BCUT2D eigenvalue weighted by Gasteiger charge is -2.12. The number of halogens is 5. The molecule has 33 heavy (non-hydrogen) atoms. The molecule has 1 atom stereocenters. The first-order valence-corrected chi connectivity index (χ1v) is 10.00. The Bertz CT molecular complexity index is 1220. The molecule has 3 heterocycles. The van der Waals surface area contributed by atoms with E-state index in [1.54, 1.807) is 24.3 Å². The maximum Gasteiger partial charge on any atom is 0.416 e. The monoisotopic (exact) mass is 480 g/mol. The molecular weight excluding hydrogens is 464 g/mol. The van der Waals surface area contributed by atoms with Crippen LogP contribution in [0, 0.1) is 0 Å². The van der Waals surface area contributed by atoms with Crippen molar-refractivity contribution in [1.29, 1.82) is 0 Å². The lowest BCUT2D eigenvalue weighted by atomic mass is 10.1. The molecule has 0 saturated heterocycles. The zero-order valence-electron chi connectivity index (χ0n) is 17.1. The van der Waals surface area contributed by atoms with Gasteiger partial charge in [0.05, 0.1) is 18.4 Å². The fraction of sp³-hybridized carbons (Fsp3) is 0.182. The predicted molar refractivity (Wildman–Crippen MR) is 114 cm³/mol. The van der Waals surface area contributed by atoms with Gasteiger partial charge in [-0.3, -0.25) is 4.98 Å². The second kappa shape index (κ2) is 9.14. The molecule has 1 aromatic carbocycles. The average molecular weight is 481 g/mol. The van der Waals surface area contributed by atoms with Gasteiger partial charge in [-0.15, -0.1) is 0 Å². The summed E-state index contributed by atoms with van der Waals surface area (Å²) in [5.41, 5.74) is 0.918. The Balaban J connectivity index is 1.54. The van der Waals surface area contributed by atoms with Crippen LogP contribution in [0.5, 0.6) is 11.5 Å². The van der Waals surface area contributed by atoms with E-state index in [4.69, 9.17) is 21.1 Å². The topological polar surface area (TPSA) is 72.1 Å². The molecule has 0 aliphatic carbocycles. The van der Waals surface area contributed by atoms with Crippen LogP contribution in [0.25, 0.3) is 16.8 Å². The first-order chi connectivity index (χ1) is 15.7. The van der Waals surface area contributed by atoms with E-state index < -0.39 is 18.0 Å². The molecule has 3 aromatic rings. The Morgan fingerprint density at radius 3 is 2.70 bits per heavy atom. The molecule has 2 N–H and O–H groups in total. The summed E-state index contributed by atoms with van der Waals surface area (Å²) in [7, 11) is 1.45. The molecule has 0 saturated carbocycles. The summed E-state index contributed by atoms with van der Waals surface area (Å²) in [6, 6.07) is 6.69. The van der Waals surface area contributed by atoms with Gasteiger partial charge in [0.15, 0.2) is 6.30 Å². The summed E-state index contributed by atoms with van der Waals surface area (Å²) in [6.45, 7) is -0.164. The van der Waals surface area contributed by atoms with Gasteiger partial charge in [0.2, 0.25) is 0 Å². The standard InChI is InChI=1S/C22H17ClF4N4O2/c1-32-17-9-15(33-11-14-8-13(6-7-28-14)22(25,26)27)3-4-16(17)19-20(23)31-21(30-19)12-2-5-18(24)29-10-12/h2-10,18,29H,11H2,1H3,(H,30,31). The van der Waals surface area contributed by atoms with Crippen molar-refractivity contribution < 1.29 is 27.0 Å². The van der Waals surface area contributed by atoms with E-state index in [1.807, 2.05) is 0 Å². The number of hydrogen-bond acceptors (Lipinski definition) is 5. The molecule has 0 radical (unpaired) electrons. The van der Waals surface area contributed by atoms with Gasteiger partial charge < -0.3 is 19.8 Å². The largest absolute Gasteiger partial charge is 0.496 e. The minimum Gasteiger partial charge on any atom is -0.496 e. The fourth-order valence-corrected chi connectivity index (χ4v) is 3.36. The van der Waals surface area contributed by atoms with Crippen LogP contribution in [0.15, 0.2) is 54.9 Å². The number of dihydropyridines is 1. The van der Waals surface area contributed by atoms with E-state index in [1.165, 1.54) is 19.4 Å². The van der Waals surface area contributed by atoms with Crippen molar-refractivity contribution in [1.82, 2.24) is 20.3 Å². The van der Waals surface area contributed by atoms with E-state index in [9.17, 15) is 17.6 Å². The Morgan fingerprint density at radius 2 is 2.00 bits per heavy atom. The van der Waals surface area contributed by atoms with Gasteiger partial charge in [-0.05, 0) is 36.4 Å². The van der Waals surface area contributed by atoms with Crippen LogP contribution in [0.4, 0.5) is 17.6 Å². The Hall–Kier alpha value is -3.53.